The molecule has 43 heavy (non-hydrogen) atoms. The molecule has 0 aliphatic heterocycles. The Balaban J connectivity index is 1.42. The van der Waals surface area contributed by atoms with Gasteiger partial charge < -0.3 is 32.5 Å². The summed E-state index contributed by atoms with van der Waals surface area (Å²) >= 11 is 0. The summed E-state index contributed by atoms with van der Waals surface area (Å²) in [7, 11) is 0. The summed E-state index contributed by atoms with van der Waals surface area (Å²) in [5, 5.41) is 17.9. The molecule has 0 heterocycles. The number of carbonyl (C=O) groups is 4. The highest BCUT2D eigenvalue weighted by Crippen LogP contribution is 2.20. The quantitative estimate of drug-likeness (QED) is 0.165. The summed E-state index contributed by atoms with van der Waals surface area (Å²) in [5.41, 5.74) is 14.2. The number of allylic oxidation sites excluding steroid dienone is 1. The van der Waals surface area contributed by atoms with Crippen LogP contribution in [-0.4, -0.2) is 52.9 Å². The molecule has 5 atom stereocenters. The second-order valence-corrected chi connectivity index (χ2v) is 10.7. The molecular formula is C33H37N5O5. The normalized spacial score (nSPS) is 17.8. The van der Waals surface area contributed by atoms with Gasteiger partial charge in [-0.1, -0.05) is 84.9 Å². The van der Waals surface area contributed by atoms with Crippen LogP contribution in [0.2, 0.25) is 0 Å². The van der Waals surface area contributed by atoms with Crippen LogP contribution in [0.5, 0.6) is 5.75 Å². The van der Waals surface area contributed by atoms with Gasteiger partial charge >= 0.3 is 0 Å². The molecule has 0 unspecified atom stereocenters. The molecule has 224 valence electrons. The number of phenolic OH excluding ortho intramolecular Hbond substituents is 1. The molecule has 0 aromatic heterocycles. The molecule has 1 aliphatic carbocycles. The predicted octanol–water partition coefficient (Wildman–Crippen LogP) is 1.26. The summed E-state index contributed by atoms with van der Waals surface area (Å²) < 4.78 is 0. The lowest BCUT2D eigenvalue weighted by atomic mass is 9.98. The SMILES string of the molecule is NC(=O)[C@H](Cc1ccccc1)NC(=O)[C@H](Cc1ccccc1)NC(=O)[C@@H]1CC=C[C@H]1NC(=O)[C@@H](N)Cc1ccc(O)cc1. The molecule has 0 bridgehead atoms. The summed E-state index contributed by atoms with van der Waals surface area (Å²) in [6.07, 6.45) is 4.55. The molecule has 0 saturated heterocycles. The van der Waals surface area contributed by atoms with Crippen LogP contribution in [0.4, 0.5) is 0 Å². The summed E-state index contributed by atoms with van der Waals surface area (Å²) in [6.45, 7) is 0. The molecule has 3 aromatic rings. The number of benzene rings is 3. The van der Waals surface area contributed by atoms with E-state index < -0.39 is 53.7 Å². The number of rotatable bonds is 13. The van der Waals surface area contributed by atoms with Crippen molar-refractivity contribution in [1.82, 2.24) is 16.0 Å². The standard InChI is InChI=1S/C33H37N5O5/c34-26(18-23-14-16-24(39)17-15-23)32(42)36-27-13-7-12-25(27)31(41)38-29(20-22-10-5-2-6-11-22)33(43)37-28(30(35)40)19-21-8-3-1-4-9-21/h1-11,13-17,25-29,39H,12,18-20,34H2,(H2,35,40)(H,36,42)(H,37,43)(H,38,41)/t25-,26+,27-,28+,29+/m1/s1. The van der Waals surface area contributed by atoms with Crippen molar-refractivity contribution in [2.45, 2.75) is 49.9 Å². The lowest BCUT2D eigenvalue weighted by Crippen LogP contribution is -2.56. The highest BCUT2D eigenvalue weighted by molar-refractivity contribution is 5.93. The van der Waals surface area contributed by atoms with Gasteiger partial charge in [-0.3, -0.25) is 19.2 Å². The molecule has 0 fully saturated rings. The minimum atomic E-state index is -0.999. The van der Waals surface area contributed by atoms with Gasteiger partial charge in [0.1, 0.15) is 17.8 Å². The Bertz CT molecular complexity index is 1430. The number of aromatic hydroxyl groups is 1. The predicted molar refractivity (Wildman–Crippen MR) is 162 cm³/mol. The number of carbonyl (C=O) groups excluding carboxylic acids is 4. The minimum Gasteiger partial charge on any atom is -0.508 e. The number of amides is 4. The van der Waals surface area contributed by atoms with Crippen LogP contribution >= 0.6 is 0 Å². The summed E-state index contributed by atoms with van der Waals surface area (Å²) in [4.78, 5) is 52.1. The van der Waals surface area contributed by atoms with Gasteiger partial charge in [0.25, 0.3) is 0 Å². The van der Waals surface area contributed by atoms with E-state index >= 15 is 0 Å². The van der Waals surface area contributed by atoms with Crippen LogP contribution in [0.15, 0.2) is 97.1 Å². The van der Waals surface area contributed by atoms with E-state index in [1.54, 1.807) is 24.3 Å². The summed E-state index contributed by atoms with van der Waals surface area (Å²) in [6, 6.07) is 21.4. The smallest absolute Gasteiger partial charge is 0.243 e. The number of hydrogen-bond donors (Lipinski definition) is 6. The third kappa shape index (κ3) is 9.01. The maximum absolute atomic E-state index is 13.5. The highest BCUT2D eigenvalue weighted by Gasteiger charge is 2.34. The lowest BCUT2D eigenvalue weighted by Gasteiger charge is -2.26. The average Bonchev–Trinajstić information content (AvgIpc) is 3.46. The third-order valence-electron chi connectivity index (χ3n) is 7.40. The second-order valence-electron chi connectivity index (χ2n) is 10.7. The fourth-order valence-corrected chi connectivity index (χ4v) is 5.00. The van der Waals surface area contributed by atoms with E-state index in [9.17, 15) is 24.3 Å². The fourth-order valence-electron chi connectivity index (χ4n) is 5.00. The largest absolute Gasteiger partial charge is 0.508 e. The first kappa shape index (κ1) is 31.0. The van der Waals surface area contributed by atoms with Crippen molar-refractivity contribution in [3.05, 3.63) is 114 Å². The number of nitrogens with one attached hydrogen (secondary N) is 3. The van der Waals surface area contributed by atoms with Gasteiger partial charge in [-0.15, -0.1) is 0 Å². The molecule has 4 rings (SSSR count). The Kier molecular flexibility index (Phi) is 10.7. The van der Waals surface area contributed by atoms with Gasteiger partial charge in [-0.25, -0.2) is 0 Å². The Morgan fingerprint density at radius 3 is 1.88 bits per heavy atom. The van der Waals surface area contributed by atoms with Crippen LogP contribution in [0.25, 0.3) is 0 Å². The molecule has 1 aliphatic rings. The first-order valence-electron chi connectivity index (χ1n) is 14.2. The van der Waals surface area contributed by atoms with Crippen molar-refractivity contribution in [1.29, 1.82) is 0 Å². The highest BCUT2D eigenvalue weighted by atomic mass is 16.3. The zero-order valence-corrected chi connectivity index (χ0v) is 23.7. The maximum Gasteiger partial charge on any atom is 0.243 e. The topological polar surface area (TPSA) is 177 Å². The van der Waals surface area contributed by atoms with E-state index in [2.05, 4.69) is 16.0 Å². The van der Waals surface area contributed by atoms with E-state index in [1.165, 1.54) is 12.1 Å². The van der Waals surface area contributed by atoms with Gasteiger partial charge in [0.2, 0.25) is 23.6 Å². The molecule has 3 aromatic carbocycles. The van der Waals surface area contributed by atoms with E-state index in [-0.39, 0.29) is 25.0 Å². The second kappa shape index (κ2) is 14.8. The Hall–Kier alpha value is -4.96. The molecule has 0 radical (unpaired) electrons. The molecule has 0 spiro atoms. The van der Waals surface area contributed by atoms with E-state index in [0.717, 1.165) is 16.7 Å². The van der Waals surface area contributed by atoms with Gasteiger partial charge in [-0.05, 0) is 41.7 Å². The number of primary amides is 1. The zero-order chi connectivity index (χ0) is 30.8. The third-order valence-corrected chi connectivity index (χ3v) is 7.40. The van der Waals surface area contributed by atoms with Crippen LogP contribution in [0.3, 0.4) is 0 Å². The van der Waals surface area contributed by atoms with Crippen molar-refractivity contribution >= 4 is 23.6 Å². The number of hydrogen-bond acceptors (Lipinski definition) is 6. The first-order valence-corrected chi connectivity index (χ1v) is 14.2. The van der Waals surface area contributed by atoms with Crippen LogP contribution in [-0.2, 0) is 38.4 Å². The van der Waals surface area contributed by atoms with Gasteiger partial charge in [0.15, 0.2) is 0 Å². The van der Waals surface area contributed by atoms with Crippen LogP contribution in [0, 0.1) is 5.92 Å². The van der Waals surface area contributed by atoms with Crippen molar-refractivity contribution in [3.8, 4) is 5.75 Å². The van der Waals surface area contributed by atoms with E-state index in [0.29, 0.717) is 6.42 Å². The molecular weight excluding hydrogens is 546 g/mol. The number of nitrogens with two attached hydrogens (primary N) is 2. The van der Waals surface area contributed by atoms with Gasteiger partial charge in [0, 0.05) is 12.8 Å². The maximum atomic E-state index is 13.5. The zero-order valence-electron chi connectivity index (χ0n) is 23.7. The van der Waals surface area contributed by atoms with Crippen molar-refractivity contribution in [2.24, 2.45) is 17.4 Å². The van der Waals surface area contributed by atoms with Crippen molar-refractivity contribution < 1.29 is 24.3 Å². The lowest BCUT2D eigenvalue weighted by molar-refractivity contribution is -0.133. The minimum absolute atomic E-state index is 0.118. The molecule has 4 amide bonds. The molecule has 10 nitrogen and oxygen atoms in total. The number of phenols is 1. The van der Waals surface area contributed by atoms with Gasteiger partial charge in [0.05, 0.1) is 18.0 Å². The fraction of sp³-hybridized carbons (Fsp3) is 0.273. The van der Waals surface area contributed by atoms with Crippen molar-refractivity contribution in [3.63, 3.8) is 0 Å². The van der Waals surface area contributed by atoms with Gasteiger partial charge in [-0.2, -0.15) is 0 Å². The van der Waals surface area contributed by atoms with E-state index in [1.807, 2.05) is 60.7 Å². The van der Waals surface area contributed by atoms with Crippen molar-refractivity contribution in [2.75, 3.05) is 0 Å². The Labute approximate surface area is 250 Å². The Morgan fingerprint density at radius 2 is 1.30 bits per heavy atom. The molecule has 8 N–H and O–H groups in total. The Morgan fingerprint density at radius 1 is 0.744 bits per heavy atom. The average molecular weight is 584 g/mol. The molecule has 10 heteroatoms. The summed E-state index contributed by atoms with van der Waals surface area (Å²) in [5.74, 6) is -2.62. The molecule has 0 saturated carbocycles. The first-order chi connectivity index (χ1) is 20.7. The van der Waals surface area contributed by atoms with Crippen LogP contribution in [0.1, 0.15) is 23.1 Å². The monoisotopic (exact) mass is 583 g/mol. The van der Waals surface area contributed by atoms with Crippen LogP contribution < -0.4 is 27.4 Å². The van der Waals surface area contributed by atoms with E-state index in [4.69, 9.17) is 11.5 Å².